The fraction of sp³-hybridized carbons (Fsp3) is 0.667. The summed E-state index contributed by atoms with van der Waals surface area (Å²) in [6, 6.07) is 0. The number of aromatic nitrogens is 2. The summed E-state index contributed by atoms with van der Waals surface area (Å²) < 4.78 is 12.4. The SMILES string of the molecule is Cn1ncc(C(=O)O)c1COCC1CCOCC1. The van der Waals surface area contributed by atoms with Crippen molar-refractivity contribution in [2.45, 2.75) is 19.4 Å². The molecule has 0 amide bonds. The first-order chi connectivity index (χ1) is 8.68. The molecule has 1 saturated heterocycles. The van der Waals surface area contributed by atoms with Crippen molar-refractivity contribution >= 4 is 5.97 Å². The Morgan fingerprint density at radius 1 is 1.61 bits per heavy atom. The number of nitrogens with zero attached hydrogens (tertiary/aromatic N) is 2. The largest absolute Gasteiger partial charge is 0.478 e. The Labute approximate surface area is 106 Å². The summed E-state index contributed by atoms with van der Waals surface area (Å²) in [6.07, 6.45) is 3.38. The lowest BCUT2D eigenvalue weighted by molar-refractivity contribution is 0.0141. The second-order valence-corrected chi connectivity index (χ2v) is 4.50. The van der Waals surface area contributed by atoms with Gasteiger partial charge < -0.3 is 14.6 Å². The first-order valence-corrected chi connectivity index (χ1v) is 6.08. The van der Waals surface area contributed by atoms with E-state index < -0.39 is 5.97 Å². The summed E-state index contributed by atoms with van der Waals surface area (Å²) in [5.74, 6) is -0.451. The number of rotatable bonds is 5. The summed E-state index contributed by atoms with van der Waals surface area (Å²) in [5, 5.41) is 12.9. The van der Waals surface area contributed by atoms with E-state index in [0.29, 0.717) is 18.2 Å². The predicted octanol–water partition coefficient (Wildman–Crippen LogP) is 1.06. The van der Waals surface area contributed by atoms with Crippen LogP contribution in [-0.2, 0) is 23.1 Å². The van der Waals surface area contributed by atoms with Crippen molar-refractivity contribution in [1.29, 1.82) is 0 Å². The number of aromatic carboxylic acids is 1. The molecule has 0 radical (unpaired) electrons. The average molecular weight is 254 g/mol. The Bertz CT molecular complexity index is 410. The lowest BCUT2D eigenvalue weighted by Gasteiger charge is -2.21. The summed E-state index contributed by atoms with van der Waals surface area (Å²) in [7, 11) is 1.72. The van der Waals surface area contributed by atoms with E-state index in [1.807, 2.05) is 0 Å². The van der Waals surface area contributed by atoms with E-state index in [1.165, 1.54) is 6.20 Å². The maximum absolute atomic E-state index is 11.0. The molecule has 1 aliphatic rings. The maximum atomic E-state index is 11.0. The Hall–Kier alpha value is -1.40. The van der Waals surface area contributed by atoms with Crippen LogP contribution in [0.3, 0.4) is 0 Å². The Morgan fingerprint density at radius 2 is 2.33 bits per heavy atom. The van der Waals surface area contributed by atoms with Gasteiger partial charge in [-0.15, -0.1) is 0 Å². The van der Waals surface area contributed by atoms with Crippen molar-refractivity contribution in [3.05, 3.63) is 17.5 Å². The van der Waals surface area contributed by atoms with Crippen LogP contribution in [-0.4, -0.2) is 40.7 Å². The van der Waals surface area contributed by atoms with Crippen LogP contribution in [0.25, 0.3) is 0 Å². The van der Waals surface area contributed by atoms with Crippen LogP contribution >= 0.6 is 0 Å². The summed E-state index contributed by atoms with van der Waals surface area (Å²) in [5.41, 5.74) is 0.819. The van der Waals surface area contributed by atoms with Gasteiger partial charge in [-0.05, 0) is 18.8 Å². The second kappa shape index (κ2) is 5.97. The smallest absolute Gasteiger partial charge is 0.339 e. The van der Waals surface area contributed by atoms with E-state index in [2.05, 4.69) is 5.10 Å². The minimum Gasteiger partial charge on any atom is -0.478 e. The molecular weight excluding hydrogens is 236 g/mol. The molecule has 6 nitrogen and oxygen atoms in total. The predicted molar refractivity (Wildman–Crippen MR) is 63.4 cm³/mol. The molecule has 0 aliphatic carbocycles. The van der Waals surface area contributed by atoms with Crippen LogP contribution in [0.5, 0.6) is 0 Å². The number of ether oxygens (including phenoxy) is 2. The molecule has 0 atom stereocenters. The molecule has 1 N–H and O–H groups in total. The molecule has 1 aromatic rings. The molecule has 6 heteroatoms. The molecule has 1 fully saturated rings. The lowest BCUT2D eigenvalue weighted by Crippen LogP contribution is -2.20. The third-order valence-corrected chi connectivity index (χ3v) is 3.23. The van der Waals surface area contributed by atoms with Crippen molar-refractivity contribution in [2.75, 3.05) is 19.8 Å². The van der Waals surface area contributed by atoms with Gasteiger partial charge in [0.1, 0.15) is 5.56 Å². The average Bonchev–Trinajstić information content (AvgIpc) is 2.73. The molecule has 100 valence electrons. The molecule has 2 heterocycles. The van der Waals surface area contributed by atoms with Crippen LogP contribution in [0.15, 0.2) is 6.20 Å². The van der Waals surface area contributed by atoms with Gasteiger partial charge in [0.25, 0.3) is 0 Å². The van der Waals surface area contributed by atoms with Crippen LogP contribution < -0.4 is 0 Å². The number of carboxylic acids is 1. The third-order valence-electron chi connectivity index (χ3n) is 3.23. The molecule has 1 aliphatic heterocycles. The Morgan fingerprint density at radius 3 is 3.00 bits per heavy atom. The molecule has 0 unspecified atom stereocenters. The number of hydrogen-bond donors (Lipinski definition) is 1. The van der Waals surface area contributed by atoms with Crippen molar-refractivity contribution in [3.63, 3.8) is 0 Å². The van der Waals surface area contributed by atoms with E-state index in [1.54, 1.807) is 11.7 Å². The summed E-state index contributed by atoms with van der Waals surface area (Å²) >= 11 is 0. The second-order valence-electron chi connectivity index (χ2n) is 4.50. The highest BCUT2D eigenvalue weighted by Crippen LogP contribution is 2.16. The van der Waals surface area contributed by atoms with Crippen LogP contribution in [0.4, 0.5) is 0 Å². The van der Waals surface area contributed by atoms with E-state index in [4.69, 9.17) is 14.6 Å². The van der Waals surface area contributed by atoms with Gasteiger partial charge in [0.15, 0.2) is 0 Å². The van der Waals surface area contributed by atoms with Gasteiger partial charge in [0, 0.05) is 20.3 Å². The van der Waals surface area contributed by atoms with Crippen LogP contribution in [0.1, 0.15) is 28.9 Å². The van der Waals surface area contributed by atoms with Crippen molar-refractivity contribution in [1.82, 2.24) is 9.78 Å². The highest BCUT2D eigenvalue weighted by Gasteiger charge is 2.17. The molecular formula is C12H18N2O4. The van der Waals surface area contributed by atoms with Crippen molar-refractivity contribution in [3.8, 4) is 0 Å². The first-order valence-electron chi connectivity index (χ1n) is 6.08. The zero-order valence-corrected chi connectivity index (χ0v) is 10.5. The highest BCUT2D eigenvalue weighted by molar-refractivity contribution is 5.88. The van der Waals surface area contributed by atoms with Crippen molar-refractivity contribution in [2.24, 2.45) is 13.0 Å². The summed E-state index contributed by atoms with van der Waals surface area (Å²) in [6.45, 7) is 2.52. The standard InChI is InChI=1S/C12H18N2O4/c1-14-11(10(6-13-14)12(15)16)8-18-7-9-2-4-17-5-3-9/h6,9H,2-5,7-8H2,1H3,(H,15,16). The minimum atomic E-state index is -0.965. The first kappa shape index (κ1) is 13.0. The lowest BCUT2D eigenvalue weighted by atomic mass is 10.0. The van der Waals surface area contributed by atoms with Gasteiger partial charge in [0.05, 0.1) is 25.1 Å². The van der Waals surface area contributed by atoms with E-state index in [-0.39, 0.29) is 12.2 Å². The number of carboxylic acid groups (broad SMARTS) is 1. The van der Waals surface area contributed by atoms with Crippen molar-refractivity contribution < 1.29 is 19.4 Å². The van der Waals surface area contributed by atoms with Gasteiger partial charge in [-0.25, -0.2) is 4.79 Å². The Balaban J connectivity index is 1.85. The number of hydrogen-bond acceptors (Lipinski definition) is 4. The van der Waals surface area contributed by atoms with E-state index >= 15 is 0 Å². The minimum absolute atomic E-state index is 0.212. The summed E-state index contributed by atoms with van der Waals surface area (Å²) in [4.78, 5) is 11.0. The molecule has 18 heavy (non-hydrogen) atoms. The Kier molecular flexibility index (Phi) is 4.33. The maximum Gasteiger partial charge on any atom is 0.339 e. The topological polar surface area (TPSA) is 73.6 Å². The molecule has 1 aromatic heterocycles. The van der Waals surface area contributed by atoms with E-state index in [0.717, 1.165) is 26.1 Å². The van der Waals surface area contributed by atoms with Crippen LogP contribution in [0.2, 0.25) is 0 Å². The van der Waals surface area contributed by atoms with Crippen LogP contribution in [0, 0.1) is 5.92 Å². The zero-order valence-electron chi connectivity index (χ0n) is 10.5. The molecule has 2 rings (SSSR count). The monoisotopic (exact) mass is 254 g/mol. The molecule has 0 saturated carbocycles. The van der Waals surface area contributed by atoms with Gasteiger partial charge in [-0.1, -0.05) is 0 Å². The fourth-order valence-electron chi connectivity index (χ4n) is 2.05. The van der Waals surface area contributed by atoms with Gasteiger partial charge in [-0.2, -0.15) is 5.10 Å². The fourth-order valence-corrected chi connectivity index (χ4v) is 2.05. The van der Waals surface area contributed by atoms with E-state index in [9.17, 15) is 4.79 Å². The number of carbonyl (C=O) groups is 1. The quantitative estimate of drug-likeness (QED) is 0.850. The normalized spacial score (nSPS) is 16.9. The molecule has 0 spiro atoms. The molecule has 0 aromatic carbocycles. The van der Waals surface area contributed by atoms with Gasteiger partial charge >= 0.3 is 5.97 Å². The highest BCUT2D eigenvalue weighted by atomic mass is 16.5. The number of aryl methyl sites for hydroxylation is 1. The molecule has 0 bridgehead atoms. The van der Waals surface area contributed by atoms with Gasteiger partial charge in [-0.3, -0.25) is 4.68 Å². The zero-order chi connectivity index (χ0) is 13.0. The third kappa shape index (κ3) is 3.08. The van der Waals surface area contributed by atoms with Gasteiger partial charge in [0.2, 0.25) is 0 Å².